The number of hydrogen-bond acceptors (Lipinski definition) is 3. The zero-order valence-corrected chi connectivity index (χ0v) is 15.9. The van der Waals surface area contributed by atoms with Gasteiger partial charge in [0.1, 0.15) is 24.0 Å². The van der Waals surface area contributed by atoms with Gasteiger partial charge in [0.2, 0.25) is 0 Å². The predicted octanol–water partition coefficient (Wildman–Crippen LogP) is 4.50. The van der Waals surface area contributed by atoms with Crippen LogP contribution in [0.25, 0.3) is 0 Å². The van der Waals surface area contributed by atoms with Crippen LogP contribution in [0.2, 0.25) is 5.02 Å². The Balaban J connectivity index is 1.86. The highest BCUT2D eigenvalue weighted by molar-refractivity contribution is 6.63. The van der Waals surface area contributed by atoms with Crippen LogP contribution in [0.1, 0.15) is 33.3 Å². The van der Waals surface area contributed by atoms with Crippen molar-refractivity contribution in [1.82, 2.24) is 0 Å². The molecule has 3 nitrogen and oxygen atoms in total. The van der Waals surface area contributed by atoms with Crippen molar-refractivity contribution < 1.29 is 22.8 Å². The molecule has 0 aromatic heterocycles. The predicted molar refractivity (Wildman–Crippen MR) is 97.9 cm³/mol. The highest BCUT2D eigenvalue weighted by Crippen LogP contribution is 2.37. The van der Waals surface area contributed by atoms with Crippen LogP contribution >= 0.6 is 11.6 Å². The summed E-state index contributed by atoms with van der Waals surface area (Å²) in [4.78, 5) is 0. The summed E-state index contributed by atoms with van der Waals surface area (Å²) < 4.78 is 45.6. The fraction of sp³-hybridized carbons (Fsp3) is 0.368. The van der Waals surface area contributed by atoms with Crippen LogP contribution in [0.4, 0.5) is 8.78 Å². The van der Waals surface area contributed by atoms with Crippen LogP contribution < -0.4 is 10.2 Å². The smallest absolute Gasteiger partial charge is 0.489 e. The average molecular weight is 381 g/mol. The Morgan fingerprint density at radius 2 is 1.69 bits per heavy atom. The van der Waals surface area contributed by atoms with E-state index < -0.39 is 30.0 Å². The van der Waals surface area contributed by atoms with Crippen molar-refractivity contribution in [3.63, 3.8) is 0 Å². The first-order valence-electron chi connectivity index (χ1n) is 8.31. The van der Waals surface area contributed by atoms with E-state index in [0.29, 0.717) is 16.8 Å². The van der Waals surface area contributed by atoms with Crippen molar-refractivity contribution in [2.75, 3.05) is 0 Å². The number of halogens is 3. The first kappa shape index (κ1) is 19.1. The van der Waals surface area contributed by atoms with Gasteiger partial charge in [-0.25, -0.2) is 8.78 Å². The summed E-state index contributed by atoms with van der Waals surface area (Å²) >= 11 is 5.79. The van der Waals surface area contributed by atoms with E-state index in [9.17, 15) is 8.78 Å². The Morgan fingerprint density at radius 1 is 1.04 bits per heavy atom. The van der Waals surface area contributed by atoms with E-state index >= 15 is 0 Å². The minimum Gasteiger partial charge on any atom is -0.489 e. The fourth-order valence-electron chi connectivity index (χ4n) is 2.62. The molecule has 1 aliphatic heterocycles. The van der Waals surface area contributed by atoms with E-state index in [1.807, 2.05) is 27.7 Å². The van der Waals surface area contributed by atoms with Gasteiger partial charge >= 0.3 is 7.12 Å². The second-order valence-electron chi connectivity index (χ2n) is 7.27. The molecule has 3 rings (SSSR count). The maximum atomic E-state index is 14.1. The van der Waals surface area contributed by atoms with E-state index in [-0.39, 0.29) is 11.6 Å². The van der Waals surface area contributed by atoms with Crippen LogP contribution in [-0.2, 0) is 15.9 Å². The average Bonchev–Trinajstić information content (AvgIpc) is 2.77. The molecule has 0 spiro atoms. The minimum absolute atomic E-state index is 0.0244. The largest absolute Gasteiger partial charge is 0.498 e. The molecule has 0 saturated carbocycles. The zero-order valence-electron chi connectivity index (χ0n) is 15.1. The summed E-state index contributed by atoms with van der Waals surface area (Å²) in [6, 6.07) is 8.76. The van der Waals surface area contributed by atoms with Crippen LogP contribution in [-0.4, -0.2) is 18.3 Å². The first-order valence-corrected chi connectivity index (χ1v) is 8.69. The summed E-state index contributed by atoms with van der Waals surface area (Å²) in [5.41, 5.74) is -0.409. The van der Waals surface area contributed by atoms with Crippen molar-refractivity contribution in [2.45, 2.75) is 45.5 Å². The molecule has 0 N–H and O–H groups in total. The summed E-state index contributed by atoms with van der Waals surface area (Å²) in [5, 5.41) is 0.0244. The minimum atomic E-state index is -0.782. The molecule has 7 heteroatoms. The van der Waals surface area contributed by atoms with E-state index in [1.165, 1.54) is 24.3 Å². The van der Waals surface area contributed by atoms with E-state index in [1.54, 1.807) is 12.1 Å². The SMILES string of the molecule is CC1(C)OB(c2cc(F)ccc2OCc2cccc(Cl)c2F)OC1(C)C. The lowest BCUT2D eigenvalue weighted by atomic mass is 9.78. The van der Waals surface area contributed by atoms with Gasteiger partial charge in [-0.2, -0.15) is 0 Å². The molecule has 1 heterocycles. The number of ether oxygens (including phenoxy) is 1. The molecule has 138 valence electrons. The van der Waals surface area contributed by atoms with Gasteiger partial charge in [0.15, 0.2) is 0 Å². The zero-order chi connectivity index (χ0) is 19.1. The van der Waals surface area contributed by atoms with Crippen molar-refractivity contribution in [3.8, 4) is 5.75 Å². The quantitative estimate of drug-likeness (QED) is 0.731. The molecule has 1 fully saturated rings. The van der Waals surface area contributed by atoms with Gasteiger partial charge < -0.3 is 14.0 Å². The molecule has 1 saturated heterocycles. The molecule has 1 aliphatic rings. The second-order valence-corrected chi connectivity index (χ2v) is 7.68. The highest BCUT2D eigenvalue weighted by atomic mass is 35.5. The number of hydrogen-bond donors (Lipinski definition) is 0. The van der Waals surface area contributed by atoms with Gasteiger partial charge in [0, 0.05) is 11.0 Å². The standard InChI is InChI=1S/C19H20BClF2O3/c1-18(2)19(3,4)26-20(25-18)14-10-13(22)8-9-16(14)24-11-12-6-5-7-15(21)17(12)23/h5-10H,11H2,1-4H3. The van der Waals surface area contributed by atoms with Crippen LogP contribution in [0.3, 0.4) is 0 Å². The van der Waals surface area contributed by atoms with Gasteiger partial charge in [0.25, 0.3) is 0 Å². The molecule has 0 amide bonds. The molecule has 0 aliphatic carbocycles. The summed E-state index contributed by atoms with van der Waals surface area (Å²) in [6.45, 7) is 7.59. The molecular weight excluding hydrogens is 360 g/mol. The number of benzene rings is 2. The summed E-state index contributed by atoms with van der Waals surface area (Å²) in [5.74, 6) is -0.603. The maximum Gasteiger partial charge on any atom is 0.498 e. The highest BCUT2D eigenvalue weighted by Gasteiger charge is 2.52. The van der Waals surface area contributed by atoms with Crippen molar-refractivity contribution in [2.24, 2.45) is 0 Å². The summed E-state index contributed by atoms with van der Waals surface area (Å²) in [6.07, 6.45) is 0. The monoisotopic (exact) mass is 380 g/mol. The third-order valence-corrected chi connectivity index (χ3v) is 5.19. The molecule has 0 radical (unpaired) electrons. The van der Waals surface area contributed by atoms with E-state index in [0.717, 1.165) is 0 Å². The van der Waals surface area contributed by atoms with Gasteiger partial charge in [-0.3, -0.25) is 0 Å². The lowest BCUT2D eigenvalue weighted by Gasteiger charge is -2.32. The van der Waals surface area contributed by atoms with Crippen molar-refractivity contribution in [1.29, 1.82) is 0 Å². The molecule has 0 atom stereocenters. The van der Waals surface area contributed by atoms with Crippen LogP contribution in [0.5, 0.6) is 5.75 Å². The Labute approximate surface area is 157 Å². The third kappa shape index (κ3) is 3.59. The molecule has 0 bridgehead atoms. The normalized spacial score (nSPS) is 18.2. The summed E-state index contributed by atoms with van der Waals surface area (Å²) in [7, 11) is -0.782. The first-order chi connectivity index (χ1) is 12.1. The topological polar surface area (TPSA) is 27.7 Å². The van der Waals surface area contributed by atoms with Crippen molar-refractivity contribution in [3.05, 3.63) is 58.6 Å². The lowest BCUT2D eigenvalue weighted by Crippen LogP contribution is -2.41. The molecule has 26 heavy (non-hydrogen) atoms. The molecule has 2 aromatic rings. The third-order valence-electron chi connectivity index (χ3n) is 4.89. The molecule has 2 aromatic carbocycles. The Bertz CT molecular complexity index is 810. The van der Waals surface area contributed by atoms with E-state index in [2.05, 4.69) is 0 Å². The second kappa shape index (κ2) is 6.84. The van der Waals surface area contributed by atoms with Crippen LogP contribution in [0, 0.1) is 11.6 Å². The van der Waals surface area contributed by atoms with Gasteiger partial charge in [-0.05, 0) is 52.0 Å². The number of rotatable bonds is 4. The fourth-order valence-corrected chi connectivity index (χ4v) is 2.81. The van der Waals surface area contributed by atoms with Gasteiger partial charge in [-0.1, -0.05) is 23.7 Å². The van der Waals surface area contributed by atoms with Gasteiger partial charge in [0.05, 0.1) is 16.2 Å². The van der Waals surface area contributed by atoms with Crippen LogP contribution in [0.15, 0.2) is 36.4 Å². The Kier molecular flexibility index (Phi) is 5.03. The molecular formula is C19H20BClF2O3. The van der Waals surface area contributed by atoms with Gasteiger partial charge in [-0.15, -0.1) is 0 Å². The van der Waals surface area contributed by atoms with Crippen molar-refractivity contribution >= 4 is 24.2 Å². The lowest BCUT2D eigenvalue weighted by molar-refractivity contribution is 0.00578. The Morgan fingerprint density at radius 3 is 2.35 bits per heavy atom. The Hall–Kier alpha value is -1.63. The maximum absolute atomic E-state index is 14.1. The molecule has 0 unspecified atom stereocenters. The van der Waals surface area contributed by atoms with E-state index in [4.69, 9.17) is 25.6 Å².